The Bertz CT molecular complexity index is 285. The van der Waals surface area contributed by atoms with Gasteiger partial charge in [0.15, 0.2) is 0 Å². The fourth-order valence-electron chi connectivity index (χ4n) is 0.642. The summed E-state index contributed by atoms with van der Waals surface area (Å²) >= 11 is 4.22. The van der Waals surface area contributed by atoms with Crippen LogP contribution < -0.4 is 0 Å². The molecule has 0 aromatic heterocycles. The van der Waals surface area contributed by atoms with Gasteiger partial charge < -0.3 is 0 Å². The maximum atomic E-state index is 7.26. The van der Waals surface area contributed by atoms with Crippen LogP contribution in [0.5, 0.6) is 0 Å². The largest absolute Gasteiger partial charge is 2.00 e. The summed E-state index contributed by atoms with van der Waals surface area (Å²) in [6.45, 7) is 0. The van der Waals surface area contributed by atoms with E-state index >= 15 is 0 Å². The van der Waals surface area contributed by atoms with Crippen molar-refractivity contribution < 1.29 is 18.6 Å². The predicted molar refractivity (Wildman–Crippen MR) is 66.8 cm³/mol. The molecule has 0 heterocycles. The van der Waals surface area contributed by atoms with Crippen LogP contribution in [0.25, 0.3) is 0 Å². The van der Waals surface area contributed by atoms with Gasteiger partial charge in [0, 0.05) is 0 Å². The molecule has 0 amide bonds. The molecule has 0 saturated heterocycles. The molecule has 3 radical (unpaired) electrons. The first-order chi connectivity index (χ1) is 7.83. The molecule has 85 valence electrons. The summed E-state index contributed by atoms with van der Waals surface area (Å²) in [5, 5.41) is 14.5. The van der Waals surface area contributed by atoms with Crippen LogP contribution >= 0.6 is 0 Å². The minimum Gasteiger partial charge on any atom is -0.214 e. The Balaban J connectivity index is -0.000000157. The maximum absolute atomic E-state index is 7.26. The number of hydrogen-bond acceptors (Lipinski definition) is 2. The molecular weight excluding hydrogens is 381 g/mol. The van der Waals surface area contributed by atoms with E-state index in [1.807, 2.05) is 60.7 Å². The summed E-state index contributed by atoms with van der Waals surface area (Å²) in [6.07, 6.45) is 0. The van der Waals surface area contributed by atoms with Crippen LogP contribution in [0.4, 0.5) is 0 Å². The van der Waals surface area contributed by atoms with Crippen LogP contribution in [-0.4, -0.2) is 32.0 Å². The molecule has 2 aromatic rings. The van der Waals surface area contributed by atoms with Gasteiger partial charge in [-0.25, -0.2) is 24.3 Å². The molecule has 5 heteroatoms. The van der Waals surface area contributed by atoms with Crippen molar-refractivity contribution in [3.05, 3.63) is 60.7 Å². The van der Waals surface area contributed by atoms with Crippen LogP contribution in [0.15, 0.2) is 60.7 Å². The van der Waals surface area contributed by atoms with Crippen LogP contribution in [0.2, 0.25) is 0 Å². The minimum absolute atomic E-state index is 0. The van der Waals surface area contributed by atoms with Gasteiger partial charge in [-0.2, -0.15) is 36.4 Å². The second-order valence-electron chi connectivity index (χ2n) is 2.11. The first kappa shape index (κ1) is 21.6. The Labute approximate surface area is 131 Å². The average molecular weight is 391 g/mol. The Morgan fingerprint density at radius 2 is 0.882 bits per heavy atom. The van der Waals surface area contributed by atoms with Crippen molar-refractivity contribution in [1.29, 1.82) is 10.5 Å². The topological polar surface area (TPSA) is 47.6 Å². The van der Waals surface area contributed by atoms with Gasteiger partial charge in [-0.15, -0.1) is 0 Å². The molecule has 2 aromatic carbocycles. The van der Waals surface area contributed by atoms with E-state index in [1.165, 1.54) is 0 Å². The summed E-state index contributed by atoms with van der Waals surface area (Å²) in [4.78, 5) is 3.25. The third kappa shape index (κ3) is 31.3. The zero-order valence-electron chi connectivity index (χ0n) is 8.93. The number of hydrogen-bond donors (Lipinski definition) is 0. The van der Waals surface area contributed by atoms with Crippen molar-refractivity contribution in [3.8, 4) is 9.94 Å². The monoisotopic (exact) mass is 393 g/mol. The van der Waals surface area contributed by atoms with Crippen molar-refractivity contribution in [3.63, 3.8) is 0 Å². The molecule has 0 unspecified atom stereocenters. The Morgan fingerprint density at radius 3 is 0.941 bits per heavy atom. The van der Waals surface area contributed by atoms with Gasteiger partial charge in [0.2, 0.25) is 0 Å². The summed E-state index contributed by atoms with van der Waals surface area (Å²) in [6, 6.07) is 20.0. The molecule has 0 atom stereocenters. The van der Waals surface area contributed by atoms with Crippen LogP contribution in [0.3, 0.4) is 0 Å². The maximum Gasteiger partial charge on any atom is 2.00 e. The van der Waals surface area contributed by atoms with Gasteiger partial charge in [0.25, 0.3) is 0 Å². The zero-order chi connectivity index (χ0) is 12.5. The molecule has 0 N–H and O–H groups in total. The number of nitriles is 2. The third-order valence-corrected chi connectivity index (χ3v) is 1.11. The van der Waals surface area contributed by atoms with Gasteiger partial charge in [0.05, 0.1) is 0 Å². The Hall–Kier alpha value is -0.697. The molecule has 0 aliphatic rings. The molecule has 0 aliphatic carbocycles. The molecule has 0 spiro atoms. The molecule has 0 fully saturated rings. The number of nitrogens with zero attached hydrogens (tertiary/aromatic N) is 2. The van der Waals surface area contributed by atoms with Crippen molar-refractivity contribution >= 4 is 32.0 Å². The second kappa shape index (κ2) is 24.5. The fourth-order valence-corrected chi connectivity index (χ4v) is 0.642. The Morgan fingerprint density at radius 1 is 0.706 bits per heavy atom. The van der Waals surface area contributed by atoms with E-state index in [0.29, 0.717) is 0 Å². The van der Waals surface area contributed by atoms with Gasteiger partial charge in [-0.1, -0.05) is 0 Å². The van der Waals surface area contributed by atoms with Crippen LogP contribution in [0, 0.1) is 20.5 Å². The second-order valence-corrected chi connectivity index (χ2v) is 2.87. The quantitative estimate of drug-likeness (QED) is 0.510. The standard InChI is InChI=1S/2C5H5.2CNSe.V/c2*1-2-4-5-3-1;2*2-1-3;/h2*1-5H;;;/q2*-1;;;+2. The third-order valence-electron chi connectivity index (χ3n) is 1.11. The summed E-state index contributed by atoms with van der Waals surface area (Å²) in [5.74, 6) is 0. The smallest absolute Gasteiger partial charge is 0.214 e. The van der Waals surface area contributed by atoms with Gasteiger partial charge >= 0.3 is 71.0 Å². The van der Waals surface area contributed by atoms with Gasteiger partial charge in [-0.05, 0) is 0 Å². The zero-order valence-corrected chi connectivity index (χ0v) is 13.8. The van der Waals surface area contributed by atoms with E-state index in [-0.39, 0.29) is 18.6 Å². The first-order valence-electron chi connectivity index (χ1n) is 4.19. The average Bonchev–Trinajstić information content (AvgIpc) is 3.00. The van der Waals surface area contributed by atoms with Crippen molar-refractivity contribution in [2.75, 3.05) is 0 Å². The fraction of sp³-hybridized carbons (Fsp3) is 0. The molecule has 2 nitrogen and oxygen atoms in total. The molecule has 0 aliphatic heterocycles. The SMILES string of the molecule is N#C[Se].N#C[Se].[V+2].c1cc[cH-]c1.c1cc[cH-]c1. The number of rotatable bonds is 0. The van der Waals surface area contributed by atoms with Crippen molar-refractivity contribution in [2.24, 2.45) is 0 Å². The van der Waals surface area contributed by atoms with E-state index < -0.39 is 0 Å². The van der Waals surface area contributed by atoms with Gasteiger partial charge in [0.1, 0.15) is 0 Å². The van der Waals surface area contributed by atoms with Gasteiger partial charge in [-0.3, -0.25) is 0 Å². The van der Waals surface area contributed by atoms with Crippen LogP contribution in [-0.2, 0) is 18.6 Å². The summed E-state index contributed by atoms with van der Waals surface area (Å²) in [5.41, 5.74) is 0. The van der Waals surface area contributed by atoms with Crippen molar-refractivity contribution in [1.82, 2.24) is 0 Å². The normalized spacial score (nSPS) is 5.53. The molecule has 0 saturated carbocycles. The Kier molecular flexibility index (Phi) is 31.1. The first-order valence-corrected chi connectivity index (χ1v) is 5.90. The van der Waals surface area contributed by atoms with E-state index in [1.54, 1.807) is 9.94 Å². The minimum atomic E-state index is 0. The summed E-state index contributed by atoms with van der Waals surface area (Å²) < 4.78 is 0. The molecule has 2 rings (SSSR count). The van der Waals surface area contributed by atoms with Crippen molar-refractivity contribution in [2.45, 2.75) is 0 Å². The molecule has 0 bridgehead atoms. The van der Waals surface area contributed by atoms with E-state index in [4.69, 9.17) is 10.5 Å². The van der Waals surface area contributed by atoms with Crippen LogP contribution in [0.1, 0.15) is 0 Å². The summed E-state index contributed by atoms with van der Waals surface area (Å²) in [7, 11) is 0. The van der Waals surface area contributed by atoms with E-state index in [0.717, 1.165) is 0 Å². The molecular formula is C12H10N2Se2V. The predicted octanol–water partition coefficient (Wildman–Crippen LogP) is 2.08. The van der Waals surface area contributed by atoms with E-state index in [2.05, 4.69) is 32.0 Å². The molecule has 17 heavy (non-hydrogen) atoms. The van der Waals surface area contributed by atoms with E-state index in [9.17, 15) is 0 Å².